The normalized spacial score (nSPS) is 13.8. The summed E-state index contributed by atoms with van der Waals surface area (Å²) >= 11 is 0. The number of nitrogens with zero attached hydrogens (tertiary/aromatic N) is 5. The molecule has 0 amide bonds. The Labute approximate surface area is 189 Å². The molecule has 0 radical (unpaired) electrons. The summed E-state index contributed by atoms with van der Waals surface area (Å²) in [6.07, 6.45) is 1.59. The quantitative estimate of drug-likeness (QED) is 0.349. The number of nitrogens with one attached hydrogen (secondary N) is 1. The fourth-order valence-electron chi connectivity index (χ4n) is 3.82. The lowest BCUT2D eigenvalue weighted by Gasteiger charge is -2.28. The molecule has 0 unspecified atom stereocenters. The van der Waals surface area contributed by atoms with Gasteiger partial charge >= 0.3 is 0 Å². The van der Waals surface area contributed by atoms with Crippen molar-refractivity contribution >= 4 is 39.7 Å². The van der Waals surface area contributed by atoms with E-state index in [4.69, 9.17) is 10.5 Å². The van der Waals surface area contributed by atoms with Gasteiger partial charge in [0.25, 0.3) is 5.69 Å². The van der Waals surface area contributed by atoms with Crippen LogP contribution in [0.5, 0.6) is 0 Å². The third-order valence-corrected chi connectivity index (χ3v) is 5.47. The maximum Gasteiger partial charge on any atom is 0.270 e. The summed E-state index contributed by atoms with van der Waals surface area (Å²) < 4.78 is 5.41. The molecule has 10 nitrogen and oxygen atoms in total. The summed E-state index contributed by atoms with van der Waals surface area (Å²) in [5.74, 6) is 0.611. The highest BCUT2D eigenvalue weighted by molar-refractivity contribution is 5.97. The molecule has 10 heteroatoms. The van der Waals surface area contributed by atoms with Crippen molar-refractivity contribution in [2.24, 2.45) is 0 Å². The smallest absolute Gasteiger partial charge is 0.270 e. The van der Waals surface area contributed by atoms with E-state index in [-0.39, 0.29) is 5.69 Å². The number of nitrogen functional groups attached to an aromatic ring is 1. The van der Waals surface area contributed by atoms with Crippen LogP contribution in [0.15, 0.2) is 60.8 Å². The highest BCUT2D eigenvalue weighted by atomic mass is 16.6. The van der Waals surface area contributed by atoms with Gasteiger partial charge in [-0.25, -0.2) is 4.98 Å². The van der Waals surface area contributed by atoms with Gasteiger partial charge in [0.2, 0.25) is 5.95 Å². The van der Waals surface area contributed by atoms with E-state index in [1.165, 1.54) is 12.1 Å². The first-order valence-electron chi connectivity index (χ1n) is 10.5. The van der Waals surface area contributed by atoms with Gasteiger partial charge in [0.1, 0.15) is 11.3 Å². The van der Waals surface area contributed by atoms with E-state index < -0.39 is 4.92 Å². The standard InChI is InChI=1S/C23H21N7O3/c24-22-19-8-9-25-20(15-2-1-3-18(14-15)30(31)32)21(19)27-23(28-22)26-16-4-6-17(7-5-16)29-10-12-33-13-11-29/h1-9,14H,10-13H2,(H3,24,26,27,28). The van der Waals surface area contributed by atoms with Gasteiger partial charge in [-0.2, -0.15) is 4.98 Å². The molecule has 166 valence electrons. The number of nitrogens with two attached hydrogens (primary N) is 1. The van der Waals surface area contributed by atoms with Crippen LogP contribution in [0.4, 0.5) is 28.8 Å². The van der Waals surface area contributed by atoms with Crippen molar-refractivity contribution in [2.45, 2.75) is 0 Å². The Bertz CT molecular complexity index is 1320. The molecule has 1 fully saturated rings. The lowest BCUT2D eigenvalue weighted by atomic mass is 10.1. The zero-order valence-electron chi connectivity index (χ0n) is 17.6. The number of fused-ring (bicyclic) bond motifs is 1. The summed E-state index contributed by atoms with van der Waals surface area (Å²) in [5.41, 5.74) is 9.71. The Morgan fingerprint density at radius 3 is 2.61 bits per heavy atom. The SMILES string of the molecule is Nc1nc(Nc2ccc(N3CCOCC3)cc2)nc2c(-c3cccc([N+](=O)[O-])c3)nccc12. The molecule has 33 heavy (non-hydrogen) atoms. The maximum atomic E-state index is 11.2. The Morgan fingerprint density at radius 2 is 1.85 bits per heavy atom. The zero-order chi connectivity index (χ0) is 22.8. The molecule has 2 aromatic heterocycles. The van der Waals surface area contributed by atoms with Crippen LogP contribution in [0, 0.1) is 10.1 Å². The lowest BCUT2D eigenvalue weighted by molar-refractivity contribution is -0.384. The lowest BCUT2D eigenvalue weighted by Crippen LogP contribution is -2.36. The minimum atomic E-state index is -0.439. The molecule has 1 aliphatic heterocycles. The van der Waals surface area contributed by atoms with Crippen molar-refractivity contribution in [2.75, 3.05) is 42.3 Å². The minimum absolute atomic E-state index is 0.0213. The fourth-order valence-corrected chi connectivity index (χ4v) is 3.82. The number of hydrogen-bond donors (Lipinski definition) is 2. The number of anilines is 4. The predicted molar refractivity (Wildman–Crippen MR) is 127 cm³/mol. The molecule has 2 aromatic carbocycles. The van der Waals surface area contributed by atoms with E-state index in [0.29, 0.717) is 33.9 Å². The average Bonchev–Trinajstić information content (AvgIpc) is 2.85. The molecule has 1 saturated heterocycles. The molecule has 1 aliphatic rings. The van der Waals surface area contributed by atoms with Gasteiger partial charge in [-0.15, -0.1) is 0 Å². The Hall–Kier alpha value is -4.31. The maximum absolute atomic E-state index is 11.2. The number of non-ortho nitro benzene ring substituents is 1. The minimum Gasteiger partial charge on any atom is -0.383 e. The van der Waals surface area contributed by atoms with E-state index in [1.54, 1.807) is 24.4 Å². The summed E-state index contributed by atoms with van der Waals surface area (Å²) in [5, 5.41) is 15.0. The van der Waals surface area contributed by atoms with E-state index in [0.717, 1.165) is 37.7 Å². The molecule has 0 aliphatic carbocycles. The highest BCUT2D eigenvalue weighted by Gasteiger charge is 2.15. The molecule has 0 saturated carbocycles. The molecule has 0 spiro atoms. The Balaban J connectivity index is 1.48. The van der Waals surface area contributed by atoms with E-state index in [1.807, 2.05) is 24.3 Å². The van der Waals surface area contributed by atoms with Crippen LogP contribution in [-0.4, -0.2) is 46.2 Å². The van der Waals surface area contributed by atoms with Crippen LogP contribution in [-0.2, 0) is 4.74 Å². The first-order chi connectivity index (χ1) is 16.1. The third-order valence-electron chi connectivity index (χ3n) is 5.47. The monoisotopic (exact) mass is 443 g/mol. The van der Waals surface area contributed by atoms with Gasteiger partial charge in [0, 0.05) is 53.7 Å². The Morgan fingerprint density at radius 1 is 1.06 bits per heavy atom. The first kappa shape index (κ1) is 20.6. The number of aromatic nitrogens is 3. The summed E-state index contributed by atoms with van der Waals surface area (Å²) in [7, 11) is 0. The molecular weight excluding hydrogens is 422 g/mol. The van der Waals surface area contributed by atoms with E-state index in [9.17, 15) is 10.1 Å². The topological polar surface area (TPSA) is 132 Å². The van der Waals surface area contributed by atoms with Crippen LogP contribution in [0.1, 0.15) is 0 Å². The third kappa shape index (κ3) is 4.23. The average molecular weight is 443 g/mol. The summed E-state index contributed by atoms with van der Waals surface area (Å²) in [4.78, 5) is 26.5. The Kier molecular flexibility index (Phi) is 5.41. The molecule has 3 heterocycles. The van der Waals surface area contributed by atoms with Gasteiger partial charge in [0.05, 0.1) is 23.8 Å². The second-order valence-corrected chi connectivity index (χ2v) is 7.57. The van der Waals surface area contributed by atoms with Crippen LogP contribution in [0.25, 0.3) is 22.2 Å². The van der Waals surface area contributed by atoms with Gasteiger partial charge in [-0.05, 0) is 30.3 Å². The van der Waals surface area contributed by atoms with E-state index in [2.05, 4.69) is 25.2 Å². The van der Waals surface area contributed by atoms with Crippen molar-refractivity contribution in [3.8, 4) is 11.3 Å². The molecule has 3 N–H and O–H groups in total. The second-order valence-electron chi connectivity index (χ2n) is 7.57. The van der Waals surface area contributed by atoms with Crippen molar-refractivity contribution in [3.05, 3.63) is 70.9 Å². The van der Waals surface area contributed by atoms with Crippen molar-refractivity contribution < 1.29 is 9.66 Å². The molecule has 0 atom stereocenters. The van der Waals surface area contributed by atoms with Crippen LogP contribution >= 0.6 is 0 Å². The van der Waals surface area contributed by atoms with Gasteiger partial charge in [-0.3, -0.25) is 15.1 Å². The van der Waals surface area contributed by atoms with Crippen LogP contribution < -0.4 is 16.0 Å². The van der Waals surface area contributed by atoms with Gasteiger partial charge < -0.3 is 20.7 Å². The number of morpholine rings is 1. The number of hydrogen-bond acceptors (Lipinski definition) is 9. The van der Waals surface area contributed by atoms with Crippen LogP contribution in [0.2, 0.25) is 0 Å². The number of nitro groups is 1. The first-order valence-corrected chi connectivity index (χ1v) is 10.5. The number of rotatable bonds is 5. The number of benzene rings is 2. The van der Waals surface area contributed by atoms with E-state index >= 15 is 0 Å². The van der Waals surface area contributed by atoms with Crippen LogP contribution in [0.3, 0.4) is 0 Å². The van der Waals surface area contributed by atoms with Crippen molar-refractivity contribution in [1.29, 1.82) is 0 Å². The second kappa shape index (κ2) is 8.67. The molecule has 0 bridgehead atoms. The summed E-state index contributed by atoms with van der Waals surface area (Å²) in [6, 6.07) is 16.0. The number of ether oxygens (including phenoxy) is 1. The predicted octanol–water partition coefficient (Wildman–Crippen LogP) is 3.76. The van der Waals surface area contributed by atoms with Gasteiger partial charge in [-0.1, -0.05) is 12.1 Å². The fraction of sp³-hybridized carbons (Fsp3) is 0.174. The summed E-state index contributed by atoms with van der Waals surface area (Å²) in [6.45, 7) is 3.19. The largest absolute Gasteiger partial charge is 0.383 e. The molecule has 4 aromatic rings. The zero-order valence-corrected chi connectivity index (χ0v) is 17.6. The molecule has 5 rings (SSSR count). The van der Waals surface area contributed by atoms with Crippen molar-refractivity contribution in [1.82, 2.24) is 15.0 Å². The number of pyridine rings is 1. The van der Waals surface area contributed by atoms with Gasteiger partial charge in [0.15, 0.2) is 0 Å². The number of nitro benzene ring substituents is 1. The highest BCUT2D eigenvalue weighted by Crippen LogP contribution is 2.31. The van der Waals surface area contributed by atoms with Crippen molar-refractivity contribution in [3.63, 3.8) is 0 Å². The molecular formula is C23H21N7O3.